The number of primary amides is 1. The van der Waals surface area contributed by atoms with Gasteiger partial charge in [0.05, 0.1) is 6.54 Å². The molecule has 0 aromatic heterocycles. The molecule has 0 spiro atoms. The molecule has 7 nitrogen and oxygen atoms in total. The summed E-state index contributed by atoms with van der Waals surface area (Å²) in [5.41, 5.74) is 6.86. The van der Waals surface area contributed by atoms with Gasteiger partial charge in [0.2, 0.25) is 11.8 Å². The van der Waals surface area contributed by atoms with E-state index in [0.29, 0.717) is 37.7 Å². The van der Waals surface area contributed by atoms with Crippen molar-refractivity contribution in [2.24, 2.45) is 11.7 Å². The first kappa shape index (κ1) is 16.3. The van der Waals surface area contributed by atoms with Gasteiger partial charge < -0.3 is 15.4 Å². The molecular formula is C17H21N3O4. The van der Waals surface area contributed by atoms with Crippen LogP contribution in [0.5, 0.6) is 0 Å². The van der Waals surface area contributed by atoms with Crippen molar-refractivity contribution in [3.63, 3.8) is 0 Å². The van der Waals surface area contributed by atoms with Crippen LogP contribution in [0.3, 0.4) is 0 Å². The molecule has 128 valence electrons. The number of hydrogen-bond donors (Lipinski definition) is 1. The number of cyclic esters (lactones) is 1. The van der Waals surface area contributed by atoms with Gasteiger partial charge in [0, 0.05) is 18.7 Å². The molecule has 2 fully saturated rings. The molecule has 2 saturated heterocycles. The second-order valence-corrected chi connectivity index (χ2v) is 6.30. The van der Waals surface area contributed by atoms with Crippen molar-refractivity contribution in [1.82, 2.24) is 9.80 Å². The van der Waals surface area contributed by atoms with Crippen LogP contribution >= 0.6 is 0 Å². The first-order chi connectivity index (χ1) is 11.5. The van der Waals surface area contributed by atoms with E-state index in [9.17, 15) is 14.4 Å². The number of carbonyl (C=O) groups is 3. The first-order valence-corrected chi connectivity index (χ1v) is 8.11. The lowest BCUT2D eigenvalue weighted by molar-refractivity contribution is -0.130. The fourth-order valence-electron chi connectivity index (χ4n) is 3.24. The molecule has 2 N–H and O–H groups in total. The zero-order chi connectivity index (χ0) is 17.1. The smallest absolute Gasteiger partial charge is 0.410 e. The Labute approximate surface area is 140 Å². The predicted molar refractivity (Wildman–Crippen MR) is 86.3 cm³/mol. The van der Waals surface area contributed by atoms with Gasteiger partial charge in [-0.25, -0.2) is 4.79 Å². The zero-order valence-corrected chi connectivity index (χ0v) is 13.4. The predicted octanol–water partition coefficient (Wildman–Crippen LogP) is 0.629. The van der Waals surface area contributed by atoms with Crippen molar-refractivity contribution in [2.45, 2.75) is 12.8 Å². The Morgan fingerprint density at radius 2 is 2.12 bits per heavy atom. The summed E-state index contributed by atoms with van der Waals surface area (Å²) in [7, 11) is 0. The van der Waals surface area contributed by atoms with Crippen LogP contribution < -0.4 is 5.73 Å². The summed E-state index contributed by atoms with van der Waals surface area (Å²) in [6.45, 7) is 2.28. The highest BCUT2D eigenvalue weighted by atomic mass is 16.6. The summed E-state index contributed by atoms with van der Waals surface area (Å²) in [5, 5.41) is 0. The van der Waals surface area contributed by atoms with Crippen molar-refractivity contribution < 1.29 is 19.1 Å². The molecule has 1 aromatic carbocycles. The highest BCUT2D eigenvalue weighted by Gasteiger charge is 2.30. The van der Waals surface area contributed by atoms with E-state index >= 15 is 0 Å². The van der Waals surface area contributed by atoms with Gasteiger partial charge in [-0.15, -0.1) is 0 Å². The molecule has 7 heteroatoms. The van der Waals surface area contributed by atoms with E-state index < -0.39 is 12.0 Å². The van der Waals surface area contributed by atoms with Crippen LogP contribution in [-0.4, -0.2) is 60.5 Å². The van der Waals surface area contributed by atoms with Gasteiger partial charge in [-0.2, -0.15) is 0 Å². The summed E-state index contributed by atoms with van der Waals surface area (Å²) in [5.74, 6) is -0.123. The van der Waals surface area contributed by atoms with Gasteiger partial charge in [-0.05, 0) is 36.5 Å². The Morgan fingerprint density at radius 3 is 2.83 bits per heavy atom. The maximum Gasteiger partial charge on any atom is 0.410 e. The number of rotatable bonds is 5. The van der Waals surface area contributed by atoms with Crippen molar-refractivity contribution in [3.05, 3.63) is 35.4 Å². The number of nitrogens with two attached hydrogens (primary N) is 1. The van der Waals surface area contributed by atoms with Crippen LogP contribution in [-0.2, 0) is 16.0 Å². The molecule has 2 heterocycles. The van der Waals surface area contributed by atoms with Gasteiger partial charge in [-0.1, -0.05) is 12.1 Å². The van der Waals surface area contributed by atoms with Crippen LogP contribution in [0, 0.1) is 5.92 Å². The summed E-state index contributed by atoms with van der Waals surface area (Å²) in [4.78, 5) is 38.2. The third-order valence-corrected chi connectivity index (χ3v) is 4.55. The lowest BCUT2D eigenvalue weighted by Gasteiger charge is -2.20. The number of likely N-dealkylation sites (tertiary alicyclic amines) is 1. The number of ether oxygens (including phenoxy) is 1. The minimum Gasteiger partial charge on any atom is -0.448 e. The minimum atomic E-state index is -0.433. The molecule has 0 saturated carbocycles. The third kappa shape index (κ3) is 3.67. The van der Waals surface area contributed by atoms with Crippen LogP contribution in [0.25, 0.3) is 0 Å². The second kappa shape index (κ2) is 6.90. The fraction of sp³-hybridized carbons (Fsp3) is 0.471. The Balaban J connectivity index is 1.53. The van der Waals surface area contributed by atoms with Gasteiger partial charge in [0.1, 0.15) is 13.2 Å². The number of nitrogens with zero attached hydrogens (tertiary/aromatic N) is 2. The first-order valence-electron chi connectivity index (χ1n) is 8.11. The second-order valence-electron chi connectivity index (χ2n) is 6.30. The summed E-state index contributed by atoms with van der Waals surface area (Å²) >= 11 is 0. The van der Waals surface area contributed by atoms with Crippen LogP contribution in [0.4, 0.5) is 4.79 Å². The number of carbonyl (C=O) groups excluding carboxylic acids is 3. The van der Waals surface area contributed by atoms with E-state index in [1.807, 2.05) is 18.2 Å². The van der Waals surface area contributed by atoms with Crippen molar-refractivity contribution >= 4 is 17.9 Å². The van der Waals surface area contributed by atoms with E-state index in [-0.39, 0.29) is 12.5 Å². The lowest BCUT2D eigenvalue weighted by Crippen LogP contribution is -2.39. The molecule has 1 aromatic rings. The standard InChI is InChI=1S/C17H21N3O4/c18-16(22)14-3-1-2-12(9-14)8-13-4-5-19(10-13)15(21)11-20-6-7-24-17(20)23/h1-3,9,13H,4-8,10-11H2,(H2,18,22)/t13-/m0/s1. The molecule has 1 atom stereocenters. The highest BCUT2D eigenvalue weighted by molar-refractivity contribution is 5.92. The molecular weight excluding hydrogens is 310 g/mol. The van der Waals surface area contributed by atoms with Crippen molar-refractivity contribution in [1.29, 1.82) is 0 Å². The average molecular weight is 331 g/mol. The van der Waals surface area contributed by atoms with Gasteiger partial charge in [0.25, 0.3) is 0 Å². The molecule has 2 aliphatic heterocycles. The third-order valence-electron chi connectivity index (χ3n) is 4.55. The molecule has 0 radical (unpaired) electrons. The largest absolute Gasteiger partial charge is 0.448 e. The number of benzene rings is 1. The zero-order valence-electron chi connectivity index (χ0n) is 13.4. The van der Waals surface area contributed by atoms with E-state index in [1.165, 1.54) is 4.90 Å². The van der Waals surface area contributed by atoms with Crippen LogP contribution in [0.15, 0.2) is 24.3 Å². The summed E-state index contributed by atoms with van der Waals surface area (Å²) in [6, 6.07) is 7.31. The van der Waals surface area contributed by atoms with Crippen molar-refractivity contribution in [2.75, 3.05) is 32.8 Å². The molecule has 0 aliphatic carbocycles. The lowest BCUT2D eigenvalue weighted by atomic mass is 9.97. The van der Waals surface area contributed by atoms with E-state index in [1.54, 1.807) is 11.0 Å². The molecule has 3 rings (SSSR count). The van der Waals surface area contributed by atoms with Gasteiger partial charge in [-0.3, -0.25) is 14.5 Å². The maximum atomic E-state index is 12.3. The molecule has 24 heavy (non-hydrogen) atoms. The SMILES string of the molecule is NC(=O)c1cccc(C[C@@H]2CCN(C(=O)CN3CCOC3=O)C2)c1. The Morgan fingerprint density at radius 1 is 1.29 bits per heavy atom. The molecule has 2 aliphatic rings. The topological polar surface area (TPSA) is 92.9 Å². The molecule has 0 unspecified atom stereocenters. The fourth-order valence-corrected chi connectivity index (χ4v) is 3.24. The molecule has 0 bridgehead atoms. The normalized spacial score (nSPS) is 20.3. The summed E-state index contributed by atoms with van der Waals surface area (Å²) in [6.07, 6.45) is 1.30. The Bertz CT molecular complexity index is 661. The number of hydrogen-bond acceptors (Lipinski definition) is 4. The quantitative estimate of drug-likeness (QED) is 0.856. The monoisotopic (exact) mass is 331 g/mol. The average Bonchev–Trinajstić information content (AvgIpc) is 3.17. The minimum absolute atomic E-state index is 0.0396. The van der Waals surface area contributed by atoms with E-state index in [0.717, 1.165) is 18.4 Å². The van der Waals surface area contributed by atoms with Crippen LogP contribution in [0.2, 0.25) is 0 Å². The van der Waals surface area contributed by atoms with Crippen molar-refractivity contribution in [3.8, 4) is 0 Å². The highest BCUT2D eigenvalue weighted by Crippen LogP contribution is 2.22. The van der Waals surface area contributed by atoms with Gasteiger partial charge >= 0.3 is 6.09 Å². The van der Waals surface area contributed by atoms with E-state index in [4.69, 9.17) is 10.5 Å². The van der Waals surface area contributed by atoms with Gasteiger partial charge in [0.15, 0.2) is 0 Å². The Hall–Kier alpha value is -2.57. The summed E-state index contributed by atoms with van der Waals surface area (Å²) < 4.78 is 4.84. The van der Waals surface area contributed by atoms with Crippen LogP contribution in [0.1, 0.15) is 22.3 Å². The molecule has 3 amide bonds. The van der Waals surface area contributed by atoms with E-state index in [2.05, 4.69) is 0 Å². The Kier molecular flexibility index (Phi) is 4.69. The number of amides is 3. The maximum absolute atomic E-state index is 12.3.